The van der Waals surface area contributed by atoms with E-state index in [0.29, 0.717) is 63.7 Å². The van der Waals surface area contributed by atoms with E-state index in [1.165, 1.54) is 18.2 Å². The molecule has 206 valence electrons. The molecule has 1 aromatic carbocycles. The van der Waals surface area contributed by atoms with Crippen LogP contribution in [0.3, 0.4) is 0 Å². The van der Waals surface area contributed by atoms with Gasteiger partial charge >= 0.3 is 12.4 Å². The standard InChI is InChI=1S/C25H31F3N6O4/c1-4-22(36)32-7-9-33(10-8-32)23-20-5-6-34(16-21(20)29-24(30-23)37-12-11-31(2)3)17-13-18(35)15-19(14-17)38-25(26,27)28/h4,13-15,35H,1,5-12,16H2,2-3H3. The van der Waals surface area contributed by atoms with E-state index in [1.807, 2.05) is 23.9 Å². The summed E-state index contributed by atoms with van der Waals surface area (Å²) in [5, 5.41) is 10.0. The summed E-state index contributed by atoms with van der Waals surface area (Å²) in [5.74, 6) is -0.216. The number of benzene rings is 1. The number of ether oxygens (including phenoxy) is 2. The second-order valence-corrected chi connectivity index (χ2v) is 9.33. The zero-order chi connectivity index (χ0) is 27.4. The number of aromatic nitrogens is 2. The van der Waals surface area contributed by atoms with Crippen molar-refractivity contribution in [3.05, 3.63) is 42.1 Å². The number of piperazine rings is 1. The molecule has 1 amide bonds. The zero-order valence-corrected chi connectivity index (χ0v) is 21.4. The van der Waals surface area contributed by atoms with Crippen molar-refractivity contribution in [1.29, 1.82) is 0 Å². The molecule has 3 heterocycles. The van der Waals surface area contributed by atoms with Crippen LogP contribution in [0.4, 0.5) is 24.7 Å². The van der Waals surface area contributed by atoms with Gasteiger partial charge in [-0.1, -0.05) is 6.58 Å². The number of likely N-dealkylation sites (N-methyl/N-ethyl adjacent to an activating group) is 1. The first-order valence-electron chi connectivity index (χ1n) is 12.2. The first-order valence-corrected chi connectivity index (χ1v) is 12.2. The van der Waals surface area contributed by atoms with Crippen LogP contribution in [0.2, 0.25) is 0 Å². The summed E-state index contributed by atoms with van der Waals surface area (Å²) in [4.78, 5) is 29.0. The van der Waals surface area contributed by atoms with Crippen molar-refractivity contribution < 1.29 is 32.5 Å². The van der Waals surface area contributed by atoms with Crippen LogP contribution in [0.5, 0.6) is 17.5 Å². The monoisotopic (exact) mass is 536 g/mol. The Hall–Kier alpha value is -3.74. The molecule has 2 aliphatic heterocycles. The molecule has 1 N–H and O–H groups in total. The number of anilines is 2. The van der Waals surface area contributed by atoms with E-state index in [2.05, 4.69) is 21.2 Å². The summed E-state index contributed by atoms with van der Waals surface area (Å²) in [5.41, 5.74) is 1.99. The van der Waals surface area contributed by atoms with Gasteiger partial charge in [-0.15, -0.1) is 13.2 Å². The second kappa shape index (κ2) is 11.3. The Bertz CT molecular complexity index is 1170. The Labute approximate surface area is 218 Å². The summed E-state index contributed by atoms with van der Waals surface area (Å²) in [6.07, 6.45) is -3.04. The Morgan fingerprint density at radius 3 is 2.53 bits per heavy atom. The van der Waals surface area contributed by atoms with E-state index in [-0.39, 0.29) is 24.2 Å². The highest BCUT2D eigenvalue weighted by Gasteiger charge is 2.32. The third-order valence-corrected chi connectivity index (χ3v) is 6.33. The molecule has 0 aliphatic carbocycles. The minimum atomic E-state index is -4.87. The van der Waals surface area contributed by atoms with Crippen molar-refractivity contribution in [2.75, 3.05) is 69.8 Å². The number of alkyl halides is 3. The third kappa shape index (κ3) is 6.77. The molecule has 0 saturated carbocycles. The number of phenolic OH excluding ortho intramolecular Hbond substituents is 1. The van der Waals surface area contributed by atoms with Crippen LogP contribution in [0.25, 0.3) is 0 Å². The van der Waals surface area contributed by atoms with Gasteiger partial charge in [0.25, 0.3) is 0 Å². The van der Waals surface area contributed by atoms with E-state index >= 15 is 0 Å². The van der Waals surface area contributed by atoms with Crippen molar-refractivity contribution in [3.8, 4) is 17.5 Å². The van der Waals surface area contributed by atoms with E-state index < -0.39 is 12.1 Å². The normalized spacial score (nSPS) is 15.9. The molecule has 0 bridgehead atoms. The fourth-order valence-electron chi connectivity index (χ4n) is 4.47. The van der Waals surface area contributed by atoms with Gasteiger partial charge in [0.1, 0.15) is 23.9 Å². The van der Waals surface area contributed by atoms with Crippen molar-refractivity contribution in [1.82, 2.24) is 19.8 Å². The van der Waals surface area contributed by atoms with Crippen LogP contribution in [-0.4, -0.2) is 97.1 Å². The molecular formula is C25H31F3N6O4. The summed E-state index contributed by atoms with van der Waals surface area (Å²) in [7, 11) is 3.85. The summed E-state index contributed by atoms with van der Waals surface area (Å²) >= 11 is 0. The lowest BCUT2D eigenvalue weighted by Gasteiger charge is -2.38. The average Bonchev–Trinajstić information content (AvgIpc) is 2.86. The minimum Gasteiger partial charge on any atom is -0.508 e. The molecule has 1 aromatic heterocycles. The number of rotatable bonds is 8. The third-order valence-electron chi connectivity index (χ3n) is 6.33. The number of hydrogen-bond donors (Lipinski definition) is 1. The maximum absolute atomic E-state index is 12.8. The van der Waals surface area contributed by atoms with E-state index in [0.717, 1.165) is 17.4 Å². The van der Waals surface area contributed by atoms with Crippen molar-refractivity contribution >= 4 is 17.4 Å². The SMILES string of the molecule is C=CC(=O)N1CCN(c2nc(OCCN(C)C)nc3c2CCN(c2cc(O)cc(OC(F)(F)F)c2)C3)CC1. The van der Waals surface area contributed by atoms with Crippen LogP contribution >= 0.6 is 0 Å². The van der Waals surface area contributed by atoms with Crippen LogP contribution in [0, 0.1) is 0 Å². The number of aromatic hydroxyl groups is 1. The maximum atomic E-state index is 12.8. The Balaban J connectivity index is 1.60. The molecule has 2 aromatic rings. The highest BCUT2D eigenvalue weighted by atomic mass is 19.4. The molecule has 0 spiro atoms. The lowest BCUT2D eigenvalue weighted by molar-refractivity contribution is -0.274. The average molecular weight is 537 g/mol. The quantitative estimate of drug-likeness (QED) is 0.511. The Morgan fingerprint density at radius 2 is 1.87 bits per heavy atom. The van der Waals surface area contributed by atoms with Gasteiger partial charge < -0.3 is 34.2 Å². The number of hydrogen-bond acceptors (Lipinski definition) is 9. The predicted octanol–water partition coefficient (Wildman–Crippen LogP) is 2.42. The van der Waals surface area contributed by atoms with E-state index in [1.54, 1.807) is 4.90 Å². The molecular weight excluding hydrogens is 505 g/mol. The summed E-state index contributed by atoms with van der Waals surface area (Å²) in [6, 6.07) is 3.76. The van der Waals surface area contributed by atoms with Gasteiger partial charge in [-0.2, -0.15) is 9.97 Å². The van der Waals surface area contributed by atoms with Crippen LogP contribution < -0.4 is 19.3 Å². The van der Waals surface area contributed by atoms with Crippen LogP contribution in [0.15, 0.2) is 30.9 Å². The highest BCUT2D eigenvalue weighted by Crippen LogP contribution is 2.35. The van der Waals surface area contributed by atoms with E-state index in [4.69, 9.17) is 9.72 Å². The number of phenols is 1. The topological polar surface area (TPSA) is 94.5 Å². The zero-order valence-electron chi connectivity index (χ0n) is 21.4. The first kappa shape index (κ1) is 27.3. The number of carbonyl (C=O) groups excluding carboxylic acids is 1. The number of nitrogens with zero attached hydrogens (tertiary/aromatic N) is 6. The lowest BCUT2D eigenvalue weighted by atomic mass is 10.0. The second-order valence-electron chi connectivity index (χ2n) is 9.33. The van der Waals surface area contributed by atoms with Crippen LogP contribution in [0.1, 0.15) is 11.3 Å². The van der Waals surface area contributed by atoms with Crippen molar-refractivity contribution in [2.45, 2.75) is 19.3 Å². The first-order chi connectivity index (χ1) is 18.0. The molecule has 4 rings (SSSR count). The van der Waals surface area contributed by atoms with Gasteiger partial charge in [0.2, 0.25) is 5.91 Å². The summed E-state index contributed by atoms with van der Waals surface area (Å²) in [6.45, 7) is 7.54. The number of fused-ring (bicyclic) bond motifs is 1. The van der Waals surface area contributed by atoms with Crippen molar-refractivity contribution in [3.63, 3.8) is 0 Å². The Morgan fingerprint density at radius 1 is 1.13 bits per heavy atom. The van der Waals surface area contributed by atoms with Gasteiger partial charge in [0, 0.05) is 68.7 Å². The largest absolute Gasteiger partial charge is 0.573 e. The van der Waals surface area contributed by atoms with Gasteiger partial charge in [0.15, 0.2) is 0 Å². The van der Waals surface area contributed by atoms with E-state index in [9.17, 15) is 23.1 Å². The molecule has 0 unspecified atom stereocenters. The molecule has 1 saturated heterocycles. The van der Waals surface area contributed by atoms with Gasteiger partial charge in [-0.3, -0.25) is 4.79 Å². The van der Waals surface area contributed by atoms with Gasteiger partial charge in [-0.25, -0.2) is 0 Å². The molecule has 10 nitrogen and oxygen atoms in total. The molecule has 38 heavy (non-hydrogen) atoms. The molecule has 0 radical (unpaired) electrons. The summed E-state index contributed by atoms with van der Waals surface area (Å²) < 4.78 is 48.2. The number of carbonyl (C=O) groups is 1. The smallest absolute Gasteiger partial charge is 0.508 e. The minimum absolute atomic E-state index is 0.113. The molecule has 0 atom stereocenters. The molecule has 1 fully saturated rings. The van der Waals surface area contributed by atoms with Crippen LogP contribution in [-0.2, 0) is 17.8 Å². The van der Waals surface area contributed by atoms with Gasteiger partial charge in [0.05, 0.1) is 12.2 Å². The number of halogens is 3. The molecule has 2 aliphatic rings. The maximum Gasteiger partial charge on any atom is 0.573 e. The Kier molecular flexibility index (Phi) is 8.14. The predicted molar refractivity (Wildman–Crippen MR) is 135 cm³/mol. The fourth-order valence-corrected chi connectivity index (χ4v) is 4.47. The fraction of sp³-hybridized carbons (Fsp3) is 0.480. The van der Waals surface area contributed by atoms with Gasteiger partial charge in [-0.05, 0) is 26.6 Å². The lowest BCUT2D eigenvalue weighted by Crippen LogP contribution is -2.49. The number of amides is 1. The molecule has 13 heteroatoms. The highest BCUT2D eigenvalue weighted by molar-refractivity contribution is 5.87. The van der Waals surface area contributed by atoms with Crippen molar-refractivity contribution in [2.24, 2.45) is 0 Å².